The highest BCUT2D eigenvalue weighted by atomic mass is 79.9. The van der Waals surface area contributed by atoms with Crippen LogP contribution in [-0.2, 0) is 5.41 Å². The van der Waals surface area contributed by atoms with E-state index in [9.17, 15) is 0 Å². The van der Waals surface area contributed by atoms with E-state index in [0.29, 0.717) is 13.2 Å². The van der Waals surface area contributed by atoms with Gasteiger partial charge < -0.3 is 9.47 Å². The second-order valence-electron chi connectivity index (χ2n) is 10.5. The number of benzene rings is 4. The summed E-state index contributed by atoms with van der Waals surface area (Å²) in [6.07, 6.45) is 15.6. The molecule has 5 rings (SSSR count). The summed E-state index contributed by atoms with van der Waals surface area (Å²) in [7, 11) is 0. The Bertz CT molecular complexity index is 1490. The number of allylic oxidation sites excluding steroid dienone is 6. The Labute approximate surface area is 272 Å². The van der Waals surface area contributed by atoms with Gasteiger partial charge in [-0.05, 0) is 108 Å². The summed E-state index contributed by atoms with van der Waals surface area (Å²) in [5, 5.41) is 0. The molecule has 0 bridgehead atoms. The first kappa shape index (κ1) is 30.8. The third-order valence-corrected chi connectivity index (χ3v) is 8.73. The minimum atomic E-state index is -0.514. The molecule has 1 aliphatic carbocycles. The molecule has 2 nitrogen and oxygen atoms in total. The molecule has 43 heavy (non-hydrogen) atoms. The van der Waals surface area contributed by atoms with Crippen LogP contribution >= 0.6 is 31.9 Å². The summed E-state index contributed by atoms with van der Waals surface area (Å²) in [5.74, 6) is 1.75. The smallest absolute Gasteiger partial charge is 0.119 e. The second-order valence-corrected chi connectivity index (χ2v) is 12.3. The van der Waals surface area contributed by atoms with Gasteiger partial charge in [-0.2, -0.15) is 0 Å². The highest BCUT2D eigenvalue weighted by Crippen LogP contribution is 2.57. The van der Waals surface area contributed by atoms with E-state index in [0.717, 1.165) is 46.1 Å². The number of halogens is 2. The zero-order chi connectivity index (χ0) is 30.1. The van der Waals surface area contributed by atoms with E-state index in [-0.39, 0.29) is 0 Å². The van der Waals surface area contributed by atoms with E-state index >= 15 is 0 Å². The van der Waals surface area contributed by atoms with E-state index in [2.05, 4.69) is 142 Å². The second kappa shape index (κ2) is 14.7. The van der Waals surface area contributed by atoms with Crippen LogP contribution in [-0.4, -0.2) is 13.2 Å². The van der Waals surface area contributed by atoms with E-state index in [4.69, 9.17) is 9.47 Å². The zero-order valence-corrected chi connectivity index (χ0v) is 27.4. The molecular formula is C39H36Br2O2. The average molecular weight is 697 g/mol. The number of hydrogen-bond donors (Lipinski definition) is 0. The van der Waals surface area contributed by atoms with Crippen LogP contribution < -0.4 is 9.47 Å². The topological polar surface area (TPSA) is 18.5 Å². The minimum absolute atomic E-state index is 0.514. The van der Waals surface area contributed by atoms with E-state index < -0.39 is 5.41 Å². The van der Waals surface area contributed by atoms with Crippen molar-refractivity contribution in [1.29, 1.82) is 0 Å². The van der Waals surface area contributed by atoms with Gasteiger partial charge in [-0.15, -0.1) is 0 Å². The Kier molecular flexibility index (Phi) is 10.6. The van der Waals surface area contributed by atoms with Gasteiger partial charge in [0.2, 0.25) is 0 Å². The molecule has 4 aromatic carbocycles. The maximum absolute atomic E-state index is 6.10. The molecule has 0 aliphatic heterocycles. The standard InChI is InChI=1S/C39H36Br2O2/c1-3-5-7-9-11-25-42-33-19-13-29(14-20-33)39(30-15-21-34(22-16-30)43-26-12-10-8-6-4-2)37-27-31(40)17-23-35(37)36-24-18-32(41)28-38(36)39/h3-8,13-24,27-28H,1-2,9-12,25-26H2/b7-5+,8-6+. The highest BCUT2D eigenvalue weighted by Gasteiger charge is 2.46. The summed E-state index contributed by atoms with van der Waals surface area (Å²) < 4.78 is 14.3. The summed E-state index contributed by atoms with van der Waals surface area (Å²) in [6.45, 7) is 8.79. The first-order valence-electron chi connectivity index (χ1n) is 14.7. The largest absolute Gasteiger partial charge is 0.494 e. The van der Waals surface area contributed by atoms with Crippen molar-refractivity contribution in [2.24, 2.45) is 0 Å². The van der Waals surface area contributed by atoms with Gasteiger partial charge in [0.15, 0.2) is 0 Å². The number of rotatable bonds is 14. The van der Waals surface area contributed by atoms with Crippen molar-refractivity contribution in [2.75, 3.05) is 13.2 Å². The molecule has 4 heteroatoms. The molecular weight excluding hydrogens is 660 g/mol. The van der Waals surface area contributed by atoms with Gasteiger partial charge in [0.25, 0.3) is 0 Å². The van der Waals surface area contributed by atoms with Crippen molar-refractivity contribution < 1.29 is 9.47 Å². The lowest BCUT2D eigenvalue weighted by atomic mass is 9.67. The first-order valence-corrected chi connectivity index (χ1v) is 16.3. The van der Waals surface area contributed by atoms with Crippen molar-refractivity contribution in [1.82, 2.24) is 0 Å². The Morgan fingerprint density at radius 1 is 0.581 bits per heavy atom. The SMILES string of the molecule is C=C/C=C/CCCOc1ccc(C2(c3ccc(OCCC/C=C/C=C)cc3)c3cc(Br)ccc3-c3ccc(Br)cc32)cc1. The van der Waals surface area contributed by atoms with Crippen LogP contribution in [0.2, 0.25) is 0 Å². The quantitative estimate of drug-likeness (QED) is 0.0850. The first-order chi connectivity index (χ1) is 21.1. The van der Waals surface area contributed by atoms with E-state index in [1.54, 1.807) is 12.2 Å². The maximum atomic E-state index is 6.10. The molecule has 0 unspecified atom stereocenters. The number of hydrogen-bond acceptors (Lipinski definition) is 2. The Morgan fingerprint density at radius 3 is 1.40 bits per heavy atom. The van der Waals surface area contributed by atoms with Crippen molar-refractivity contribution in [2.45, 2.75) is 31.1 Å². The summed E-state index contributed by atoms with van der Waals surface area (Å²) in [5.41, 5.74) is 6.85. The van der Waals surface area contributed by atoms with E-state index in [1.165, 1.54) is 33.4 Å². The van der Waals surface area contributed by atoms with Gasteiger partial charge in [-0.25, -0.2) is 0 Å². The summed E-state index contributed by atoms with van der Waals surface area (Å²) in [6, 6.07) is 30.5. The van der Waals surface area contributed by atoms with Crippen LogP contribution in [0.4, 0.5) is 0 Å². The van der Waals surface area contributed by atoms with Gasteiger partial charge in [-0.1, -0.05) is 118 Å². The lowest BCUT2D eigenvalue weighted by Crippen LogP contribution is -2.28. The third kappa shape index (κ3) is 6.82. The lowest BCUT2D eigenvalue weighted by molar-refractivity contribution is 0.312. The molecule has 0 saturated heterocycles. The molecule has 4 aromatic rings. The molecule has 0 amide bonds. The Morgan fingerprint density at radius 2 is 1.00 bits per heavy atom. The fourth-order valence-corrected chi connectivity index (χ4v) is 6.55. The Balaban J connectivity index is 1.52. The molecule has 0 N–H and O–H groups in total. The van der Waals surface area contributed by atoms with Gasteiger partial charge in [0.05, 0.1) is 18.6 Å². The van der Waals surface area contributed by atoms with Crippen LogP contribution in [0.1, 0.15) is 47.9 Å². The maximum Gasteiger partial charge on any atom is 0.119 e. The van der Waals surface area contributed by atoms with E-state index in [1.807, 2.05) is 12.2 Å². The van der Waals surface area contributed by atoms with Crippen molar-refractivity contribution in [3.63, 3.8) is 0 Å². The number of fused-ring (bicyclic) bond motifs is 3. The lowest BCUT2D eigenvalue weighted by Gasteiger charge is -2.34. The van der Waals surface area contributed by atoms with Crippen LogP contribution in [0.25, 0.3) is 11.1 Å². The fraction of sp³-hybridized carbons (Fsp3) is 0.179. The summed E-state index contributed by atoms with van der Waals surface area (Å²) in [4.78, 5) is 0. The molecule has 0 radical (unpaired) electrons. The molecule has 0 heterocycles. The monoisotopic (exact) mass is 694 g/mol. The predicted octanol–water partition coefficient (Wildman–Crippen LogP) is 11.4. The third-order valence-electron chi connectivity index (χ3n) is 7.75. The van der Waals surface area contributed by atoms with Crippen LogP contribution in [0.3, 0.4) is 0 Å². The van der Waals surface area contributed by atoms with Crippen LogP contribution in [0, 0.1) is 0 Å². The molecule has 1 aliphatic rings. The fourth-order valence-electron chi connectivity index (χ4n) is 5.83. The highest BCUT2D eigenvalue weighted by molar-refractivity contribution is 9.10. The van der Waals surface area contributed by atoms with Crippen molar-refractivity contribution in [3.05, 3.63) is 166 Å². The van der Waals surface area contributed by atoms with Crippen molar-refractivity contribution >= 4 is 31.9 Å². The normalized spacial score (nSPS) is 13.2. The molecule has 0 spiro atoms. The number of ether oxygens (including phenoxy) is 2. The van der Waals surface area contributed by atoms with Gasteiger partial charge >= 0.3 is 0 Å². The van der Waals surface area contributed by atoms with Crippen LogP contribution in [0.15, 0.2) is 143 Å². The van der Waals surface area contributed by atoms with Crippen LogP contribution in [0.5, 0.6) is 11.5 Å². The zero-order valence-electron chi connectivity index (χ0n) is 24.3. The number of unbranched alkanes of at least 4 members (excludes halogenated alkanes) is 2. The molecule has 0 fully saturated rings. The van der Waals surface area contributed by atoms with Gasteiger partial charge in [-0.3, -0.25) is 0 Å². The van der Waals surface area contributed by atoms with Gasteiger partial charge in [0, 0.05) is 8.95 Å². The molecule has 0 atom stereocenters. The van der Waals surface area contributed by atoms with Gasteiger partial charge in [0.1, 0.15) is 11.5 Å². The molecule has 0 saturated carbocycles. The minimum Gasteiger partial charge on any atom is -0.494 e. The Hall–Kier alpha value is -3.60. The average Bonchev–Trinajstić information content (AvgIpc) is 3.30. The predicted molar refractivity (Wildman–Crippen MR) is 187 cm³/mol. The summed E-state index contributed by atoms with van der Waals surface area (Å²) >= 11 is 7.55. The molecule has 218 valence electrons. The molecule has 0 aromatic heterocycles. The van der Waals surface area contributed by atoms with Crippen molar-refractivity contribution in [3.8, 4) is 22.6 Å².